The summed E-state index contributed by atoms with van der Waals surface area (Å²) in [6.07, 6.45) is 12.3. The zero-order valence-corrected chi connectivity index (χ0v) is 14.7. The molecule has 0 aliphatic carbocycles. The molecule has 0 saturated heterocycles. The molecule has 0 aliphatic heterocycles. The van der Waals surface area contributed by atoms with E-state index in [1.165, 1.54) is 62.7 Å². The van der Waals surface area contributed by atoms with Crippen molar-refractivity contribution in [3.8, 4) is 0 Å². The van der Waals surface area contributed by atoms with Crippen LogP contribution in [0.4, 0.5) is 0 Å². The summed E-state index contributed by atoms with van der Waals surface area (Å²) in [7, 11) is 0. The van der Waals surface area contributed by atoms with Gasteiger partial charge < -0.3 is 5.32 Å². The van der Waals surface area contributed by atoms with Crippen molar-refractivity contribution in [3.63, 3.8) is 0 Å². The molecule has 0 fully saturated rings. The molecular formula is C17H30ClNS. The van der Waals surface area contributed by atoms with Gasteiger partial charge in [-0.05, 0) is 25.1 Å². The largest absolute Gasteiger partial charge is 0.310 e. The third-order valence-electron chi connectivity index (χ3n) is 3.73. The number of hydrogen-bond donors (Lipinski definition) is 1. The predicted molar refractivity (Wildman–Crippen MR) is 93.0 cm³/mol. The van der Waals surface area contributed by atoms with E-state index in [2.05, 4.69) is 25.2 Å². The normalized spacial score (nSPS) is 12.8. The molecule has 0 radical (unpaired) electrons. The Hall–Kier alpha value is -0.0500. The van der Waals surface area contributed by atoms with Crippen molar-refractivity contribution >= 4 is 22.9 Å². The molecule has 0 aromatic carbocycles. The van der Waals surface area contributed by atoms with E-state index in [0.717, 1.165) is 10.9 Å². The van der Waals surface area contributed by atoms with Gasteiger partial charge in [0.05, 0.1) is 4.34 Å². The van der Waals surface area contributed by atoms with Crippen LogP contribution in [0.25, 0.3) is 0 Å². The highest BCUT2D eigenvalue weighted by molar-refractivity contribution is 7.16. The lowest BCUT2D eigenvalue weighted by Crippen LogP contribution is -2.19. The van der Waals surface area contributed by atoms with Crippen molar-refractivity contribution < 1.29 is 0 Å². The molecule has 1 atom stereocenters. The average molecular weight is 316 g/mol. The summed E-state index contributed by atoms with van der Waals surface area (Å²) >= 11 is 7.76. The summed E-state index contributed by atoms with van der Waals surface area (Å²) in [5.74, 6) is 0. The van der Waals surface area contributed by atoms with Gasteiger partial charge in [-0.25, -0.2) is 0 Å². The van der Waals surface area contributed by atoms with Gasteiger partial charge in [0.25, 0.3) is 0 Å². The molecule has 116 valence electrons. The number of hydrogen-bond acceptors (Lipinski definition) is 2. The first-order valence-corrected chi connectivity index (χ1v) is 9.46. The number of rotatable bonds is 12. The topological polar surface area (TPSA) is 12.0 Å². The molecule has 3 heteroatoms. The monoisotopic (exact) mass is 315 g/mol. The van der Waals surface area contributed by atoms with E-state index < -0.39 is 0 Å². The third-order valence-corrected chi connectivity index (χ3v) is 5.08. The van der Waals surface area contributed by atoms with Crippen LogP contribution in [0.2, 0.25) is 4.34 Å². The van der Waals surface area contributed by atoms with Crippen molar-refractivity contribution in [3.05, 3.63) is 21.3 Å². The molecule has 0 saturated carbocycles. The first kappa shape index (κ1) is 18.0. The molecule has 0 bridgehead atoms. The van der Waals surface area contributed by atoms with Gasteiger partial charge >= 0.3 is 0 Å². The number of unbranched alkanes of at least 4 members (excludes halogenated alkanes) is 7. The van der Waals surface area contributed by atoms with E-state index in [4.69, 9.17) is 11.6 Å². The zero-order chi connectivity index (χ0) is 14.6. The van der Waals surface area contributed by atoms with E-state index in [-0.39, 0.29) is 0 Å². The van der Waals surface area contributed by atoms with Crippen LogP contribution in [-0.2, 0) is 0 Å². The van der Waals surface area contributed by atoms with Crippen molar-refractivity contribution in [2.45, 2.75) is 77.7 Å². The van der Waals surface area contributed by atoms with Gasteiger partial charge in [-0.15, -0.1) is 11.3 Å². The minimum absolute atomic E-state index is 0.498. The molecule has 1 aromatic heterocycles. The molecule has 1 heterocycles. The first-order valence-electron chi connectivity index (χ1n) is 8.26. The Morgan fingerprint density at radius 3 is 2.20 bits per heavy atom. The Balaban J connectivity index is 2.14. The maximum atomic E-state index is 6.04. The van der Waals surface area contributed by atoms with E-state index in [1.54, 1.807) is 11.3 Å². The average Bonchev–Trinajstić information content (AvgIpc) is 2.87. The predicted octanol–water partition coefficient (Wildman–Crippen LogP) is 6.58. The van der Waals surface area contributed by atoms with E-state index >= 15 is 0 Å². The maximum absolute atomic E-state index is 6.04. The van der Waals surface area contributed by atoms with Crippen LogP contribution >= 0.6 is 22.9 Å². The Labute approximate surface area is 134 Å². The Morgan fingerprint density at radius 2 is 1.65 bits per heavy atom. The highest BCUT2D eigenvalue weighted by atomic mass is 35.5. The van der Waals surface area contributed by atoms with Crippen LogP contribution in [0, 0.1) is 0 Å². The summed E-state index contributed by atoms with van der Waals surface area (Å²) in [6, 6.07) is 4.68. The van der Waals surface area contributed by atoms with Crippen LogP contribution in [-0.4, -0.2) is 6.54 Å². The lowest BCUT2D eigenvalue weighted by molar-refractivity contribution is 0.480. The van der Waals surface area contributed by atoms with Crippen LogP contribution in [0.1, 0.15) is 82.6 Å². The van der Waals surface area contributed by atoms with Crippen molar-refractivity contribution in [2.24, 2.45) is 0 Å². The second-order valence-corrected chi connectivity index (χ2v) is 7.26. The van der Waals surface area contributed by atoms with E-state index in [0.29, 0.717) is 6.04 Å². The molecule has 1 N–H and O–H groups in total. The van der Waals surface area contributed by atoms with Crippen LogP contribution in [0.3, 0.4) is 0 Å². The van der Waals surface area contributed by atoms with Gasteiger partial charge in [-0.3, -0.25) is 0 Å². The SMILES string of the molecule is CCCCCCCCCCC(NCC)c1ccc(Cl)s1. The van der Waals surface area contributed by atoms with Crippen LogP contribution < -0.4 is 5.32 Å². The van der Waals surface area contributed by atoms with E-state index in [9.17, 15) is 0 Å². The number of thiophene rings is 1. The van der Waals surface area contributed by atoms with Gasteiger partial charge in [-0.2, -0.15) is 0 Å². The Kier molecular flexibility index (Phi) is 10.4. The highest BCUT2D eigenvalue weighted by Gasteiger charge is 2.11. The minimum atomic E-state index is 0.498. The maximum Gasteiger partial charge on any atom is 0.0931 e. The zero-order valence-electron chi connectivity index (χ0n) is 13.1. The van der Waals surface area contributed by atoms with Gasteiger partial charge in [0.1, 0.15) is 0 Å². The Bertz CT molecular complexity index is 337. The van der Waals surface area contributed by atoms with Gasteiger partial charge in [0.2, 0.25) is 0 Å². The lowest BCUT2D eigenvalue weighted by Gasteiger charge is -2.16. The molecule has 0 spiro atoms. The summed E-state index contributed by atoms with van der Waals surface area (Å²) < 4.78 is 0.902. The van der Waals surface area contributed by atoms with Gasteiger partial charge in [0, 0.05) is 10.9 Å². The van der Waals surface area contributed by atoms with Gasteiger partial charge in [0.15, 0.2) is 0 Å². The second-order valence-electron chi connectivity index (χ2n) is 5.52. The molecule has 0 amide bonds. The van der Waals surface area contributed by atoms with Crippen molar-refractivity contribution in [1.29, 1.82) is 0 Å². The van der Waals surface area contributed by atoms with Crippen molar-refractivity contribution in [2.75, 3.05) is 6.54 Å². The van der Waals surface area contributed by atoms with Gasteiger partial charge in [-0.1, -0.05) is 76.8 Å². The second kappa shape index (κ2) is 11.6. The summed E-state index contributed by atoms with van der Waals surface area (Å²) in [4.78, 5) is 1.39. The number of halogens is 1. The summed E-state index contributed by atoms with van der Waals surface area (Å²) in [6.45, 7) is 5.48. The molecule has 1 aromatic rings. The standard InChI is InChI=1S/C17H30ClNS/c1-3-5-6-7-8-9-10-11-12-15(19-4-2)16-13-14-17(18)20-16/h13-15,19H,3-12H2,1-2H3. The lowest BCUT2D eigenvalue weighted by atomic mass is 10.0. The summed E-state index contributed by atoms with van der Waals surface area (Å²) in [5, 5.41) is 3.58. The van der Waals surface area contributed by atoms with Crippen molar-refractivity contribution in [1.82, 2.24) is 5.32 Å². The molecule has 0 aliphatic rings. The molecule has 20 heavy (non-hydrogen) atoms. The molecule has 1 nitrogen and oxygen atoms in total. The smallest absolute Gasteiger partial charge is 0.0931 e. The summed E-state index contributed by atoms with van der Waals surface area (Å²) in [5.41, 5.74) is 0. The fraction of sp³-hybridized carbons (Fsp3) is 0.765. The highest BCUT2D eigenvalue weighted by Crippen LogP contribution is 2.29. The van der Waals surface area contributed by atoms with E-state index in [1.807, 2.05) is 6.07 Å². The number of nitrogens with one attached hydrogen (secondary N) is 1. The third kappa shape index (κ3) is 7.66. The fourth-order valence-corrected chi connectivity index (χ4v) is 3.76. The van der Waals surface area contributed by atoms with Crippen LogP contribution in [0.5, 0.6) is 0 Å². The fourth-order valence-electron chi connectivity index (χ4n) is 2.59. The molecule has 1 unspecified atom stereocenters. The molecule has 1 rings (SSSR count). The Morgan fingerprint density at radius 1 is 1.00 bits per heavy atom. The quantitative estimate of drug-likeness (QED) is 0.429. The van der Waals surface area contributed by atoms with Crippen LogP contribution in [0.15, 0.2) is 12.1 Å². The minimum Gasteiger partial charge on any atom is -0.310 e. The molecular weight excluding hydrogens is 286 g/mol. The first-order chi connectivity index (χ1) is 9.77.